The fourth-order valence-corrected chi connectivity index (χ4v) is 1.28. The number of ether oxygens (including phenoxy) is 1. The molecule has 0 heterocycles. The molecule has 0 N–H and O–H groups in total. The Bertz CT molecular complexity index is 370. The Morgan fingerprint density at radius 2 is 1.81 bits per heavy atom. The summed E-state index contributed by atoms with van der Waals surface area (Å²) in [6.45, 7) is 0. The summed E-state index contributed by atoms with van der Waals surface area (Å²) in [4.78, 5) is 22.3. The molecule has 16 heavy (non-hydrogen) atoms. The lowest BCUT2D eigenvalue weighted by molar-refractivity contribution is -0.140. The molecule has 0 saturated carbocycles. The van der Waals surface area contributed by atoms with E-state index in [2.05, 4.69) is 4.74 Å². The Labute approximate surface area is 93.2 Å². The van der Waals surface area contributed by atoms with Gasteiger partial charge in [0.2, 0.25) is 0 Å². The second-order valence-corrected chi connectivity index (χ2v) is 3.36. The quantitative estimate of drug-likeness (QED) is 0.569. The van der Waals surface area contributed by atoms with Crippen molar-refractivity contribution >= 4 is 11.8 Å². The SMILES string of the molecule is COC(=O)CCCC(=O)c1ccc(F)cc1. The normalized spacial score (nSPS) is 9.88. The number of ketones is 1. The summed E-state index contributed by atoms with van der Waals surface area (Å²) < 4.78 is 17.0. The first kappa shape index (κ1) is 12.4. The van der Waals surface area contributed by atoms with E-state index in [9.17, 15) is 14.0 Å². The molecule has 0 fully saturated rings. The average Bonchev–Trinajstić information content (AvgIpc) is 2.29. The summed E-state index contributed by atoms with van der Waals surface area (Å²) in [5, 5.41) is 0. The van der Waals surface area contributed by atoms with E-state index < -0.39 is 0 Å². The molecule has 0 aliphatic rings. The molecule has 0 radical (unpaired) electrons. The molecule has 0 unspecified atom stereocenters. The first-order chi connectivity index (χ1) is 7.63. The summed E-state index contributed by atoms with van der Waals surface area (Å²) in [5.74, 6) is -0.790. The molecule has 0 aliphatic heterocycles. The number of rotatable bonds is 5. The number of halogens is 1. The zero-order valence-electron chi connectivity index (χ0n) is 9.03. The van der Waals surface area contributed by atoms with Gasteiger partial charge in [0.25, 0.3) is 0 Å². The summed E-state index contributed by atoms with van der Waals surface area (Å²) in [7, 11) is 1.31. The molecule has 4 heteroatoms. The minimum absolute atomic E-state index is 0.0936. The molecular weight excluding hydrogens is 211 g/mol. The third kappa shape index (κ3) is 3.81. The molecule has 86 valence electrons. The van der Waals surface area contributed by atoms with Gasteiger partial charge in [-0.25, -0.2) is 4.39 Å². The summed E-state index contributed by atoms with van der Waals surface area (Å²) in [6, 6.07) is 5.37. The maximum Gasteiger partial charge on any atom is 0.305 e. The summed E-state index contributed by atoms with van der Waals surface area (Å²) in [5.41, 5.74) is 0.464. The molecule has 0 aliphatic carbocycles. The molecule has 0 aromatic heterocycles. The zero-order valence-corrected chi connectivity index (χ0v) is 9.03. The van der Waals surface area contributed by atoms with Gasteiger partial charge in [-0.15, -0.1) is 0 Å². The van der Waals surface area contributed by atoms with E-state index in [0.29, 0.717) is 12.0 Å². The number of carbonyl (C=O) groups excluding carboxylic acids is 2. The topological polar surface area (TPSA) is 43.4 Å². The summed E-state index contributed by atoms with van der Waals surface area (Å²) in [6.07, 6.45) is 0.938. The van der Waals surface area contributed by atoms with Crippen molar-refractivity contribution in [2.24, 2.45) is 0 Å². The van der Waals surface area contributed by atoms with Crippen LogP contribution >= 0.6 is 0 Å². The average molecular weight is 224 g/mol. The largest absolute Gasteiger partial charge is 0.469 e. The van der Waals surface area contributed by atoms with Crippen LogP contribution in [0, 0.1) is 5.82 Å². The number of methoxy groups -OCH3 is 1. The molecule has 0 atom stereocenters. The molecule has 3 nitrogen and oxygen atoms in total. The minimum Gasteiger partial charge on any atom is -0.469 e. The van der Waals surface area contributed by atoms with Crippen molar-refractivity contribution in [3.05, 3.63) is 35.6 Å². The monoisotopic (exact) mass is 224 g/mol. The van der Waals surface area contributed by atoms with Crippen molar-refractivity contribution in [1.29, 1.82) is 0 Å². The van der Waals surface area contributed by atoms with Crippen molar-refractivity contribution in [3.8, 4) is 0 Å². The van der Waals surface area contributed by atoms with Crippen molar-refractivity contribution in [1.82, 2.24) is 0 Å². The molecule has 1 rings (SSSR count). The van der Waals surface area contributed by atoms with Crippen LogP contribution in [0.4, 0.5) is 4.39 Å². The second-order valence-electron chi connectivity index (χ2n) is 3.36. The molecule has 1 aromatic carbocycles. The van der Waals surface area contributed by atoms with Crippen LogP contribution in [0.3, 0.4) is 0 Å². The maximum absolute atomic E-state index is 12.6. The Morgan fingerprint density at radius 3 is 2.38 bits per heavy atom. The van der Waals surface area contributed by atoms with Gasteiger partial charge in [-0.1, -0.05) is 0 Å². The highest BCUT2D eigenvalue weighted by atomic mass is 19.1. The second kappa shape index (κ2) is 6.00. The van der Waals surface area contributed by atoms with E-state index >= 15 is 0 Å². The predicted molar refractivity (Wildman–Crippen MR) is 56.6 cm³/mol. The Balaban J connectivity index is 2.41. The third-order valence-corrected chi connectivity index (χ3v) is 2.18. The van der Waals surface area contributed by atoms with Crippen LogP contribution in [0.25, 0.3) is 0 Å². The van der Waals surface area contributed by atoms with E-state index in [1.165, 1.54) is 31.4 Å². The van der Waals surface area contributed by atoms with E-state index in [-0.39, 0.29) is 30.4 Å². The minimum atomic E-state index is -0.369. The van der Waals surface area contributed by atoms with Gasteiger partial charge in [0.15, 0.2) is 5.78 Å². The standard InChI is InChI=1S/C12H13FO3/c1-16-12(15)4-2-3-11(14)9-5-7-10(13)8-6-9/h5-8H,2-4H2,1H3. The van der Waals surface area contributed by atoms with E-state index in [1.54, 1.807) is 0 Å². The van der Waals surface area contributed by atoms with Crippen molar-refractivity contribution in [3.63, 3.8) is 0 Å². The Kier molecular flexibility index (Phi) is 4.64. The molecule has 1 aromatic rings. The fraction of sp³-hybridized carbons (Fsp3) is 0.333. The number of hydrogen-bond acceptors (Lipinski definition) is 3. The number of benzene rings is 1. The van der Waals surface area contributed by atoms with E-state index in [1.807, 2.05) is 0 Å². The van der Waals surface area contributed by atoms with Gasteiger partial charge in [0, 0.05) is 18.4 Å². The first-order valence-electron chi connectivity index (χ1n) is 4.99. The highest BCUT2D eigenvalue weighted by molar-refractivity contribution is 5.96. The molecule has 0 saturated heterocycles. The highest BCUT2D eigenvalue weighted by Gasteiger charge is 2.07. The number of carbonyl (C=O) groups is 2. The lowest BCUT2D eigenvalue weighted by Crippen LogP contribution is -2.03. The molecule has 0 amide bonds. The highest BCUT2D eigenvalue weighted by Crippen LogP contribution is 2.08. The third-order valence-electron chi connectivity index (χ3n) is 2.18. The number of hydrogen-bond donors (Lipinski definition) is 0. The van der Waals surface area contributed by atoms with Crippen LogP contribution in [0.2, 0.25) is 0 Å². The molecule has 0 spiro atoms. The van der Waals surface area contributed by atoms with Gasteiger partial charge in [0.05, 0.1) is 7.11 Å². The number of esters is 1. The van der Waals surface area contributed by atoms with Gasteiger partial charge in [-0.3, -0.25) is 9.59 Å². The van der Waals surface area contributed by atoms with Gasteiger partial charge in [-0.2, -0.15) is 0 Å². The van der Waals surface area contributed by atoms with Crippen LogP contribution in [0.5, 0.6) is 0 Å². The Morgan fingerprint density at radius 1 is 1.19 bits per heavy atom. The van der Waals surface area contributed by atoms with E-state index in [0.717, 1.165) is 0 Å². The van der Waals surface area contributed by atoms with E-state index in [4.69, 9.17) is 0 Å². The molecular formula is C12H13FO3. The van der Waals surface area contributed by atoms with Crippen LogP contribution < -0.4 is 0 Å². The Hall–Kier alpha value is -1.71. The number of Topliss-reactive ketones (excluding diaryl/α,β-unsaturated/α-hetero) is 1. The smallest absolute Gasteiger partial charge is 0.305 e. The predicted octanol–water partition coefficient (Wildman–Crippen LogP) is 2.35. The van der Waals surface area contributed by atoms with Crippen LogP contribution in [-0.4, -0.2) is 18.9 Å². The van der Waals surface area contributed by atoms with Crippen molar-refractivity contribution in [2.45, 2.75) is 19.3 Å². The lowest BCUT2D eigenvalue weighted by Gasteiger charge is -2.00. The van der Waals surface area contributed by atoms with Gasteiger partial charge < -0.3 is 4.74 Å². The maximum atomic E-state index is 12.6. The molecule has 0 bridgehead atoms. The first-order valence-corrected chi connectivity index (χ1v) is 4.99. The van der Waals surface area contributed by atoms with Gasteiger partial charge in [-0.05, 0) is 30.7 Å². The van der Waals surface area contributed by atoms with Crippen LogP contribution in [0.1, 0.15) is 29.6 Å². The van der Waals surface area contributed by atoms with Crippen LogP contribution in [-0.2, 0) is 9.53 Å². The summed E-state index contributed by atoms with van der Waals surface area (Å²) >= 11 is 0. The fourth-order valence-electron chi connectivity index (χ4n) is 1.28. The van der Waals surface area contributed by atoms with Gasteiger partial charge in [0.1, 0.15) is 5.82 Å². The zero-order chi connectivity index (χ0) is 12.0. The van der Waals surface area contributed by atoms with Crippen molar-refractivity contribution < 1.29 is 18.7 Å². The van der Waals surface area contributed by atoms with Crippen LogP contribution in [0.15, 0.2) is 24.3 Å². The van der Waals surface area contributed by atoms with Crippen molar-refractivity contribution in [2.75, 3.05) is 7.11 Å². The lowest BCUT2D eigenvalue weighted by atomic mass is 10.1. The van der Waals surface area contributed by atoms with Gasteiger partial charge >= 0.3 is 5.97 Å².